The molecule has 2 amide bonds. The molecule has 0 spiro atoms. The van der Waals surface area contributed by atoms with Crippen LogP contribution < -0.4 is 5.32 Å². The standard InChI is InChI=1S/C25H37N3O2/c29-24-18-22(19-28(24)23-9-4-5-10-23)25(30)26-13-6-14-27-15-11-21(12-16-27)17-20-7-2-1-3-8-20/h1-3,7-8,21-23H,4-6,9-19H2,(H,26,30)/t22-/m0/s1. The number of rotatable bonds is 8. The monoisotopic (exact) mass is 411 g/mol. The Labute approximate surface area is 181 Å². The first-order valence-corrected chi connectivity index (χ1v) is 12.0. The van der Waals surface area contributed by atoms with Gasteiger partial charge in [-0.25, -0.2) is 0 Å². The summed E-state index contributed by atoms with van der Waals surface area (Å²) in [6.07, 6.45) is 9.78. The highest BCUT2D eigenvalue weighted by Gasteiger charge is 2.38. The number of benzene rings is 1. The third-order valence-electron chi connectivity index (χ3n) is 7.32. The Bertz CT molecular complexity index is 694. The molecule has 0 unspecified atom stereocenters. The van der Waals surface area contributed by atoms with Crippen LogP contribution in [-0.4, -0.2) is 60.4 Å². The van der Waals surface area contributed by atoms with E-state index in [4.69, 9.17) is 0 Å². The number of carbonyl (C=O) groups excluding carboxylic acids is 2. The normalized spacial score (nSPS) is 23.9. The summed E-state index contributed by atoms with van der Waals surface area (Å²) in [5, 5.41) is 3.09. The molecule has 4 rings (SSSR count). The third-order valence-corrected chi connectivity index (χ3v) is 7.32. The van der Waals surface area contributed by atoms with Crippen LogP contribution in [0.3, 0.4) is 0 Å². The molecule has 164 valence electrons. The number of nitrogens with one attached hydrogen (secondary N) is 1. The molecule has 2 aliphatic heterocycles. The lowest BCUT2D eigenvalue weighted by atomic mass is 9.90. The molecule has 1 aromatic rings. The fraction of sp³-hybridized carbons (Fsp3) is 0.680. The Hall–Kier alpha value is -1.88. The largest absolute Gasteiger partial charge is 0.356 e. The number of amides is 2. The minimum absolute atomic E-state index is 0.0745. The van der Waals surface area contributed by atoms with Crippen LogP contribution >= 0.6 is 0 Å². The predicted molar refractivity (Wildman–Crippen MR) is 119 cm³/mol. The van der Waals surface area contributed by atoms with Crippen LogP contribution in [0.4, 0.5) is 0 Å². The second-order valence-corrected chi connectivity index (χ2v) is 9.50. The van der Waals surface area contributed by atoms with Crippen molar-refractivity contribution >= 4 is 11.8 Å². The number of hydrogen-bond acceptors (Lipinski definition) is 3. The maximum absolute atomic E-state index is 12.5. The van der Waals surface area contributed by atoms with Gasteiger partial charge >= 0.3 is 0 Å². The maximum atomic E-state index is 12.5. The maximum Gasteiger partial charge on any atom is 0.225 e. The van der Waals surface area contributed by atoms with Crippen molar-refractivity contribution in [3.63, 3.8) is 0 Å². The van der Waals surface area contributed by atoms with E-state index in [1.54, 1.807) is 0 Å². The Morgan fingerprint density at radius 1 is 1.03 bits per heavy atom. The van der Waals surface area contributed by atoms with Crippen LogP contribution in [-0.2, 0) is 16.0 Å². The fourth-order valence-corrected chi connectivity index (χ4v) is 5.50. The lowest BCUT2D eigenvalue weighted by Crippen LogP contribution is -2.38. The highest BCUT2D eigenvalue weighted by atomic mass is 16.2. The summed E-state index contributed by atoms with van der Waals surface area (Å²) in [6, 6.07) is 11.2. The minimum Gasteiger partial charge on any atom is -0.356 e. The van der Waals surface area contributed by atoms with Crippen molar-refractivity contribution < 1.29 is 9.59 Å². The van der Waals surface area contributed by atoms with Crippen molar-refractivity contribution in [2.24, 2.45) is 11.8 Å². The van der Waals surface area contributed by atoms with Crippen molar-refractivity contribution in [2.45, 2.75) is 63.8 Å². The third kappa shape index (κ3) is 5.63. The Kier molecular flexibility index (Phi) is 7.42. The van der Waals surface area contributed by atoms with Crippen molar-refractivity contribution in [1.82, 2.24) is 15.1 Å². The number of carbonyl (C=O) groups is 2. The van der Waals surface area contributed by atoms with Crippen molar-refractivity contribution in [1.29, 1.82) is 0 Å². The van der Waals surface area contributed by atoms with Crippen LogP contribution in [0.25, 0.3) is 0 Å². The zero-order chi connectivity index (χ0) is 20.8. The van der Waals surface area contributed by atoms with E-state index in [0.29, 0.717) is 19.0 Å². The molecule has 1 saturated carbocycles. The van der Waals surface area contributed by atoms with Gasteiger partial charge < -0.3 is 15.1 Å². The minimum atomic E-state index is -0.146. The molecule has 1 aliphatic carbocycles. The van der Waals surface area contributed by atoms with Gasteiger partial charge in [-0.05, 0) is 69.6 Å². The molecule has 0 radical (unpaired) electrons. The van der Waals surface area contributed by atoms with Gasteiger partial charge in [0.25, 0.3) is 0 Å². The van der Waals surface area contributed by atoms with Crippen LogP contribution in [0.5, 0.6) is 0 Å². The molecule has 0 bridgehead atoms. The highest BCUT2D eigenvalue weighted by Crippen LogP contribution is 2.29. The van der Waals surface area contributed by atoms with Gasteiger partial charge in [0.05, 0.1) is 5.92 Å². The average molecular weight is 412 g/mol. The first-order chi connectivity index (χ1) is 14.7. The zero-order valence-electron chi connectivity index (χ0n) is 18.2. The molecule has 2 heterocycles. The van der Waals surface area contributed by atoms with Gasteiger partial charge in [0.2, 0.25) is 11.8 Å². The first-order valence-electron chi connectivity index (χ1n) is 12.0. The molecule has 5 nitrogen and oxygen atoms in total. The number of likely N-dealkylation sites (tertiary alicyclic amines) is 2. The van der Waals surface area contributed by atoms with Crippen LogP contribution in [0, 0.1) is 11.8 Å². The topological polar surface area (TPSA) is 52.7 Å². The van der Waals surface area contributed by atoms with Gasteiger partial charge in [-0.2, -0.15) is 0 Å². The van der Waals surface area contributed by atoms with Gasteiger partial charge in [0.15, 0.2) is 0 Å². The van der Waals surface area contributed by atoms with E-state index < -0.39 is 0 Å². The highest BCUT2D eigenvalue weighted by molar-refractivity contribution is 5.89. The molecular weight excluding hydrogens is 374 g/mol. The molecule has 2 saturated heterocycles. The van der Waals surface area contributed by atoms with E-state index in [1.807, 2.05) is 4.90 Å². The van der Waals surface area contributed by atoms with Crippen molar-refractivity contribution in [3.05, 3.63) is 35.9 Å². The number of hydrogen-bond donors (Lipinski definition) is 1. The summed E-state index contributed by atoms with van der Waals surface area (Å²) in [4.78, 5) is 29.3. The van der Waals surface area contributed by atoms with Crippen LogP contribution in [0.1, 0.15) is 56.9 Å². The molecular formula is C25H37N3O2. The first kappa shape index (κ1) is 21.4. The quantitative estimate of drug-likeness (QED) is 0.668. The van der Waals surface area contributed by atoms with Gasteiger partial charge in [0.1, 0.15) is 0 Å². The van der Waals surface area contributed by atoms with Crippen molar-refractivity contribution in [2.75, 3.05) is 32.7 Å². The van der Waals surface area contributed by atoms with E-state index >= 15 is 0 Å². The molecule has 3 fully saturated rings. The number of nitrogens with zero attached hydrogens (tertiary/aromatic N) is 2. The average Bonchev–Trinajstić information content (AvgIpc) is 3.42. The van der Waals surface area contributed by atoms with Gasteiger partial charge in [-0.3, -0.25) is 9.59 Å². The molecule has 30 heavy (non-hydrogen) atoms. The van der Waals surface area contributed by atoms with Gasteiger partial charge in [0, 0.05) is 25.6 Å². The molecule has 1 atom stereocenters. The molecule has 3 aliphatic rings. The summed E-state index contributed by atoms with van der Waals surface area (Å²) in [5.74, 6) is 0.906. The lowest BCUT2D eigenvalue weighted by molar-refractivity contribution is -0.130. The molecule has 5 heteroatoms. The summed E-state index contributed by atoms with van der Waals surface area (Å²) in [7, 11) is 0. The van der Waals surface area contributed by atoms with E-state index in [-0.39, 0.29) is 17.7 Å². The van der Waals surface area contributed by atoms with E-state index in [2.05, 4.69) is 40.5 Å². The van der Waals surface area contributed by atoms with E-state index in [9.17, 15) is 9.59 Å². The second kappa shape index (κ2) is 10.4. The summed E-state index contributed by atoms with van der Waals surface area (Å²) in [5.41, 5.74) is 1.45. The zero-order valence-corrected chi connectivity index (χ0v) is 18.2. The SMILES string of the molecule is O=C(NCCCN1CCC(Cc2ccccc2)CC1)[C@H]1CC(=O)N(C2CCCC2)C1. The van der Waals surface area contributed by atoms with Gasteiger partial charge in [-0.1, -0.05) is 43.2 Å². The molecule has 1 aromatic carbocycles. The van der Waals surface area contributed by atoms with Crippen molar-refractivity contribution in [3.8, 4) is 0 Å². The number of piperidine rings is 1. The van der Waals surface area contributed by atoms with Gasteiger partial charge in [-0.15, -0.1) is 0 Å². The molecule has 1 N–H and O–H groups in total. The summed E-state index contributed by atoms with van der Waals surface area (Å²) < 4.78 is 0. The Morgan fingerprint density at radius 2 is 1.77 bits per heavy atom. The summed E-state index contributed by atoms with van der Waals surface area (Å²) in [6.45, 7) is 4.73. The molecule has 0 aromatic heterocycles. The van der Waals surface area contributed by atoms with E-state index in [1.165, 1.54) is 50.8 Å². The lowest BCUT2D eigenvalue weighted by Gasteiger charge is -2.32. The van der Waals surface area contributed by atoms with E-state index in [0.717, 1.165) is 38.3 Å². The van der Waals surface area contributed by atoms with Crippen LogP contribution in [0.15, 0.2) is 30.3 Å². The second-order valence-electron chi connectivity index (χ2n) is 9.50. The summed E-state index contributed by atoms with van der Waals surface area (Å²) >= 11 is 0. The fourth-order valence-electron chi connectivity index (χ4n) is 5.50. The Morgan fingerprint density at radius 3 is 2.50 bits per heavy atom. The predicted octanol–water partition coefficient (Wildman–Crippen LogP) is 3.24. The smallest absolute Gasteiger partial charge is 0.225 e. The van der Waals surface area contributed by atoms with Crippen LogP contribution in [0.2, 0.25) is 0 Å². The Balaban J connectivity index is 1.09.